The molecule has 0 bridgehead atoms. The summed E-state index contributed by atoms with van der Waals surface area (Å²) in [7, 11) is 0. The Morgan fingerprint density at radius 3 is 2.80 bits per heavy atom. The molecule has 20 heavy (non-hydrogen) atoms. The summed E-state index contributed by atoms with van der Waals surface area (Å²) in [6, 6.07) is 4.42. The number of nitrogens with two attached hydrogens (primary N) is 1. The van der Waals surface area contributed by atoms with Gasteiger partial charge in [0.1, 0.15) is 11.6 Å². The molecule has 0 aliphatic heterocycles. The summed E-state index contributed by atoms with van der Waals surface area (Å²) in [5.74, 6) is 0.397. The molecule has 0 aliphatic carbocycles. The molecule has 0 radical (unpaired) electrons. The monoisotopic (exact) mass is 297 g/mol. The summed E-state index contributed by atoms with van der Waals surface area (Å²) in [6.07, 6.45) is 0.713. The third kappa shape index (κ3) is 2.77. The van der Waals surface area contributed by atoms with Crippen molar-refractivity contribution in [2.24, 2.45) is 5.73 Å². The number of aryl methyl sites for hydroxylation is 1. The highest BCUT2D eigenvalue weighted by atomic mass is 35.5. The zero-order valence-electron chi connectivity index (χ0n) is 11.5. The second-order valence-corrected chi connectivity index (χ2v) is 5.77. The van der Waals surface area contributed by atoms with Gasteiger partial charge in [-0.2, -0.15) is 0 Å². The topological polar surface area (TPSA) is 60.9 Å². The van der Waals surface area contributed by atoms with E-state index in [1.54, 1.807) is 6.07 Å². The highest BCUT2D eigenvalue weighted by molar-refractivity contribution is 6.17. The van der Waals surface area contributed by atoms with Crippen molar-refractivity contribution in [3.05, 3.63) is 29.8 Å². The summed E-state index contributed by atoms with van der Waals surface area (Å²) >= 11 is 5.80. The van der Waals surface area contributed by atoms with Crippen molar-refractivity contribution in [2.75, 3.05) is 5.88 Å². The normalized spacial score (nSPS) is 12.0. The van der Waals surface area contributed by atoms with Crippen molar-refractivity contribution in [1.29, 1.82) is 0 Å². The first-order valence-corrected chi connectivity index (χ1v) is 6.90. The number of alkyl halides is 1. The van der Waals surface area contributed by atoms with Gasteiger partial charge in [0.25, 0.3) is 0 Å². The van der Waals surface area contributed by atoms with Crippen LogP contribution in [0.2, 0.25) is 0 Å². The number of amides is 1. The van der Waals surface area contributed by atoms with Crippen LogP contribution in [0, 0.1) is 5.82 Å². The van der Waals surface area contributed by atoms with Crippen LogP contribution in [0.1, 0.15) is 26.1 Å². The standard InChI is InChI=1S/C14H17ClFN3O/c1-14(2,8-12(17)20)19-11-4-3-9(16)7-10(11)18-13(19)5-6-15/h3-4,7H,5-6,8H2,1-2H3,(H2,17,20). The van der Waals surface area contributed by atoms with E-state index in [0.717, 1.165) is 11.3 Å². The number of carbonyl (C=O) groups is 1. The fraction of sp³-hybridized carbons (Fsp3) is 0.429. The molecule has 0 unspecified atom stereocenters. The van der Waals surface area contributed by atoms with Gasteiger partial charge in [-0.15, -0.1) is 11.6 Å². The molecular weight excluding hydrogens is 281 g/mol. The van der Waals surface area contributed by atoms with Gasteiger partial charge in [0.2, 0.25) is 5.91 Å². The van der Waals surface area contributed by atoms with Crippen LogP contribution in [-0.2, 0) is 16.8 Å². The lowest BCUT2D eigenvalue weighted by atomic mass is 9.99. The van der Waals surface area contributed by atoms with Crippen molar-refractivity contribution < 1.29 is 9.18 Å². The fourth-order valence-corrected chi connectivity index (χ4v) is 2.71. The molecule has 0 saturated carbocycles. The van der Waals surface area contributed by atoms with Crippen LogP contribution >= 0.6 is 11.6 Å². The van der Waals surface area contributed by atoms with Crippen LogP contribution in [0.15, 0.2) is 18.2 Å². The van der Waals surface area contributed by atoms with E-state index in [2.05, 4.69) is 4.98 Å². The molecule has 2 N–H and O–H groups in total. The molecule has 1 heterocycles. The molecule has 0 fully saturated rings. The summed E-state index contributed by atoms with van der Waals surface area (Å²) in [5, 5.41) is 0. The Kier molecular flexibility index (Phi) is 3.99. The van der Waals surface area contributed by atoms with Crippen molar-refractivity contribution >= 4 is 28.5 Å². The van der Waals surface area contributed by atoms with Crippen LogP contribution in [0.3, 0.4) is 0 Å². The van der Waals surface area contributed by atoms with E-state index in [1.165, 1.54) is 12.1 Å². The highest BCUT2D eigenvalue weighted by Crippen LogP contribution is 2.28. The zero-order valence-corrected chi connectivity index (χ0v) is 12.2. The molecule has 1 aromatic carbocycles. The van der Waals surface area contributed by atoms with E-state index in [0.29, 0.717) is 17.8 Å². The highest BCUT2D eigenvalue weighted by Gasteiger charge is 2.27. The predicted octanol–water partition coefficient (Wildman–Crippen LogP) is 2.57. The van der Waals surface area contributed by atoms with Crippen molar-refractivity contribution in [3.8, 4) is 0 Å². The maximum atomic E-state index is 13.3. The Bertz CT molecular complexity index is 651. The number of hydrogen-bond donors (Lipinski definition) is 1. The molecule has 1 amide bonds. The van der Waals surface area contributed by atoms with Crippen LogP contribution in [0.25, 0.3) is 11.0 Å². The number of primary amides is 1. The first-order valence-electron chi connectivity index (χ1n) is 6.37. The zero-order chi connectivity index (χ0) is 14.9. The molecular formula is C14H17ClFN3O. The smallest absolute Gasteiger partial charge is 0.219 e. The van der Waals surface area contributed by atoms with Crippen LogP contribution < -0.4 is 5.73 Å². The lowest BCUT2D eigenvalue weighted by Gasteiger charge is -2.28. The SMILES string of the molecule is CC(C)(CC(N)=O)n1c(CCCl)nc2cc(F)ccc21. The van der Waals surface area contributed by atoms with E-state index in [4.69, 9.17) is 17.3 Å². The molecule has 4 nitrogen and oxygen atoms in total. The molecule has 0 saturated heterocycles. The van der Waals surface area contributed by atoms with Gasteiger partial charge in [0.15, 0.2) is 0 Å². The Morgan fingerprint density at radius 2 is 2.20 bits per heavy atom. The van der Waals surface area contributed by atoms with E-state index >= 15 is 0 Å². The number of benzene rings is 1. The van der Waals surface area contributed by atoms with Crippen LogP contribution in [0.5, 0.6) is 0 Å². The average molecular weight is 298 g/mol. The van der Waals surface area contributed by atoms with Gasteiger partial charge in [0.05, 0.1) is 11.0 Å². The van der Waals surface area contributed by atoms with Gasteiger partial charge in [-0.3, -0.25) is 4.79 Å². The third-order valence-electron chi connectivity index (χ3n) is 3.22. The molecule has 2 aromatic rings. The number of halogens is 2. The minimum absolute atomic E-state index is 0.172. The summed E-state index contributed by atoms with van der Waals surface area (Å²) in [5.41, 5.74) is 6.11. The minimum atomic E-state index is -0.542. The largest absolute Gasteiger partial charge is 0.370 e. The number of imidazole rings is 1. The molecule has 2 rings (SSSR count). The molecule has 108 valence electrons. The maximum Gasteiger partial charge on any atom is 0.219 e. The van der Waals surface area contributed by atoms with Gasteiger partial charge in [0, 0.05) is 30.3 Å². The number of nitrogens with zero attached hydrogens (tertiary/aromatic N) is 2. The number of rotatable bonds is 5. The Morgan fingerprint density at radius 1 is 1.50 bits per heavy atom. The van der Waals surface area contributed by atoms with E-state index in [1.807, 2.05) is 18.4 Å². The quantitative estimate of drug-likeness (QED) is 0.862. The van der Waals surface area contributed by atoms with Gasteiger partial charge in [-0.05, 0) is 26.0 Å². The van der Waals surface area contributed by atoms with Crippen LogP contribution in [0.4, 0.5) is 4.39 Å². The van der Waals surface area contributed by atoms with Crippen LogP contribution in [-0.4, -0.2) is 21.3 Å². The number of hydrogen-bond acceptors (Lipinski definition) is 2. The summed E-state index contributed by atoms with van der Waals surface area (Å²) in [4.78, 5) is 15.7. The first kappa shape index (κ1) is 14.8. The van der Waals surface area contributed by atoms with E-state index in [9.17, 15) is 9.18 Å². The first-order chi connectivity index (χ1) is 9.35. The Hall–Kier alpha value is -1.62. The maximum absolute atomic E-state index is 13.3. The van der Waals surface area contributed by atoms with E-state index in [-0.39, 0.29) is 12.2 Å². The van der Waals surface area contributed by atoms with Gasteiger partial charge >= 0.3 is 0 Å². The molecule has 1 aromatic heterocycles. The van der Waals surface area contributed by atoms with Gasteiger partial charge in [-0.1, -0.05) is 0 Å². The molecule has 0 aliphatic rings. The Labute approximate surface area is 121 Å². The second-order valence-electron chi connectivity index (χ2n) is 5.39. The lowest BCUT2D eigenvalue weighted by molar-refractivity contribution is -0.119. The number of carbonyl (C=O) groups excluding carboxylic acids is 1. The van der Waals surface area contributed by atoms with Gasteiger partial charge < -0.3 is 10.3 Å². The Balaban J connectivity index is 2.64. The minimum Gasteiger partial charge on any atom is -0.370 e. The number of fused-ring (bicyclic) bond motifs is 1. The molecule has 6 heteroatoms. The second kappa shape index (κ2) is 5.40. The van der Waals surface area contributed by atoms with Crippen molar-refractivity contribution in [3.63, 3.8) is 0 Å². The summed E-state index contributed by atoms with van der Waals surface area (Å²) in [6.45, 7) is 3.81. The van der Waals surface area contributed by atoms with Crippen molar-refractivity contribution in [2.45, 2.75) is 32.2 Å². The molecule has 0 atom stereocenters. The number of aromatic nitrogens is 2. The average Bonchev–Trinajstić information content (AvgIpc) is 2.65. The summed E-state index contributed by atoms with van der Waals surface area (Å²) < 4.78 is 15.2. The van der Waals surface area contributed by atoms with Gasteiger partial charge in [-0.25, -0.2) is 9.37 Å². The lowest BCUT2D eigenvalue weighted by Crippen LogP contribution is -2.33. The predicted molar refractivity (Wildman–Crippen MR) is 77.2 cm³/mol. The third-order valence-corrected chi connectivity index (χ3v) is 3.41. The fourth-order valence-electron chi connectivity index (χ4n) is 2.54. The molecule has 0 spiro atoms. The van der Waals surface area contributed by atoms with Crippen molar-refractivity contribution in [1.82, 2.24) is 9.55 Å². The van der Waals surface area contributed by atoms with E-state index < -0.39 is 11.4 Å².